The van der Waals surface area contributed by atoms with E-state index in [9.17, 15) is 9.59 Å². The fourth-order valence-electron chi connectivity index (χ4n) is 6.10. The highest BCUT2D eigenvalue weighted by Gasteiger charge is 2.32. The van der Waals surface area contributed by atoms with Crippen molar-refractivity contribution in [3.05, 3.63) is 107 Å². The first-order valence-corrected chi connectivity index (χ1v) is 14.1. The molecule has 4 aromatic rings. The minimum Gasteiger partial charge on any atom is -0.497 e. The molecular formula is C34H36N4O3. The van der Waals surface area contributed by atoms with Crippen molar-refractivity contribution in [1.82, 2.24) is 14.4 Å². The van der Waals surface area contributed by atoms with E-state index in [-0.39, 0.29) is 11.8 Å². The van der Waals surface area contributed by atoms with Crippen LogP contribution in [0.25, 0.3) is 11.1 Å². The zero-order chi connectivity index (χ0) is 28.7. The Hall–Kier alpha value is -4.36. The summed E-state index contributed by atoms with van der Waals surface area (Å²) in [4.78, 5) is 33.7. The number of likely N-dealkylation sites (N-methyl/N-ethyl adjacent to an activating group) is 1. The molecule has 1 saturated heterocycles. The van der Waals surface area contributed by atoms with Crippen molar-refractivity contribution in [2.45, 2.75) is 32.5 Å². The van der Waals surface area contributed by atoms with Gasteiger partial charge in [-0.15, -0.1) is 0 Å². The summed E-state index contributed by atoms with van der Waals surface area (Å²) in [5.41, 5.74) is 7.29. The molecule has 0 bridgehead atoms. The average Bonchev–Trinajstić information content (AvgIpc) is 3.60. The second-order valence-electron chi connectivity index (χ2n) is 11.2. The number of hydrogen-bond donors (Lipinski definition) is 0. The largest absolute Gasteiger partial charge is 0.497 e. The Kier molecular flexibility index (Phi) is 7.14. The van der Waals surface area contributed by atoms with Gasteiger partial charge in [0, 0.05) is 36.1 Å². The second-order valence-corrected chi connectivity index (χ2v) is 11.2. The van der Waals surface area contributed by atoms with Crippen LogP contribution >= 0.6 is 0 Å². The number of hydrogen-bond acceptors (Lipinski definition) is 4. The Bertz CT molecular complexity index is 1620. The van der Waals surface area contributed by atoms with Crippen LogP contribution in [0.4, 0.5) is 5.69 Å². The van der Waals surface area contributed by atoms with E-state index in [1.165, 1.54) is 0 Å². The molecule has 0 N–H and O–H groups in total. The highest BCUT2D eigenvalue weighted by molar-refractivity contribution is 6.07. The van der Waals surface area contributed by atoms with Crippen LogP contribution in [0.15, 0.2) is 78.9 Å². The monoisotopic (exact) mass is 548 g/mol. The molecule has 6 rings (SSSR count). The fourth-order valence-corrected chi connectivity index (χ4v) is 6.10. The Labute approximate surface area is 241 Å². The zero-order valence-electron chi connectivity index (χ0n) is 24.1. The number of aromatic nitrogens is 1. The third-order valence-electron chi connectivity index (χ3n) is 8.50. The first-order valence-electron chi connectivity index (χ1n) is 14.1. The number of carbonyl (C=O) groups excluding carboxylic acids is 2. The SMILES string of the molecule is COc1cccc(-c2ccc(C(=O)N3Cc4ccc(C(=O)N5CC[C@@H](N(C)C)C5)n4Cc4ccccc43)cc2C)c1. The molecule has 3 aromatic carbocycles. The maximum absolute atomic E-state index is 14.1. The molecule has 0 aliphatic carbocycles. The van der Waals surface area contributed by atoms with Gasteiger partial charge in [0.25, 0.3) is 11.8 Å². The summed E-state index contributed by atoms with van der Waals surface area (Å²) in [7, 11) is 5.80. The van der Waals surface area contributed by atoms with E-state index in [0.717, 1.165) is 58.9 Å². The molecule has 0 spiro atoms. The number of ether oxygens (including phenoxy) is 1. The van der Waals surface area contributed by atoms with Crippen molar-refractivity contribution in [2.24, 2.45) is 0 Å². The van der Waals surface area contributed by atoms with Gasteiger partial charge in [0.15, 0.2) is 0 Å². The number of aryl methyl sites for hydroxylation is 1. The number of anilines is 1. The van der Waals surface area contributed by atoms with Gasteiger partial charge in [0.1, 0.15) is 11.4 Å². The van der Waals surface area contributed by atoms with Crippen LogP contribution in [0.5, 0.6) is 5.75 Å². The lowest BCUT2D eigenvalue weighted by molar-refractivity contribution is 0.0772. The molecule has 2 amide bonds. The predicted octanol–water partition coefficient (Wildman–Crippen LogP) is 5.46. The minimum atomic E-state index is -0.0614. The van der Waals surface area contributed by atoms with Crippen molar-refractivity contribution in [1.29, 1.82) is 0 Å². The summed E-state index contributed by atoms with van der Waals surface area (Å²) in [6.07, 6.45) is 0.980. The van der Waals surface area contributed by atoms with Gasteiger partial charge in [0.2, 0.25) is 0 Å². The topological polar surface area (TPSA) is 58.0 Å². The van der Waals surface area contributed by atoms with Crippen LogP contribution in [0.2, 0.25) is 0 Å². The fraction of sp³-hybridized carbons (Fsp3) is 0.294. The number of nitrogens with zero attached hydrogens (tertiary/aromatic N) is 4. The molecule has 41 heavy (non-hydrogen) atoms. The van der Waals surface area contributed by atoms with Gasteiger partial charge in [-0.1, -0.05) is 36.4 Å². The summed E-state index contributed by atoms with van der Waals surface area (Å²) >= 11 is 0. The normalized spacial score (nSPS) is 16.4. The lowest BCUT2D eigenvalue weighted by Gasteiger charge is -2.23. The summed E-state index contributed by atoms with van der Waals surface area (Å²) in [5.74, 6) is 0.793. The average molecular weight is 549 g/mol. The maximum Gasteiger partial charge on any atom is 0.270 e. The minimum absolute atomic E-state index is 0.0570. The van der Waals surface area contributed by atoms with E-state index < -0.39 is 0 Å². The van der Waals surface area contributed by atoms with Gasteiger partial charge in [-0.25, -0.2) is 0 Å². The smallest absolute Gasteiger partial charge is 0.270 e. The molecule has 7 heteroatoms. The molecule has 1 aromatic heterocycles. The van der Waals surface area contributed by atoms with Crippen molar-refractivity contribution in [3.63, 3.8) is 0 Å². The molecule has 3 heterocycles. The Morgan fingerprint density at radius 2 is 1.73 bits per heavy atom. The number of likely N-dealkylation sites (tertiary alicyclic amines) is 1. The number of fused-ring (bicyclic) bond motifs is 2. The van der Waals surface area contributed by atoms with Gasteiger partial charge in [0.05, 0.1) is 20.2 Å². The van der Waals surface area contributed by atoms with E-state index in [4.69, 9.17) is 4.74 Å². The van der Waals surface area contributed by atoms with Crippen LogP contribution < -0.4 is 9.64 Å². The van der Waals surface area contributed by atoms with Crippen LogP contribution in [0.3, 0.4) is 0 Å². The van der Waals surface area contributed by atoms with Crippen molar-refractivity contribution >= 4 is 17.5 Å². The molecule has 2 aliphatic rings. The van der Waals surface area contributed by atoms with Crippen LogP contribution in [-0.4, -0.2) is 66.5 Å². The first-order chi connectivity index (χ1) is 19.8. The van der Waals surface area contributed by atoms with Gasteiger partial charge < -0.3 is 24.0 Å². The molecule has 1 atom stereocenters. The van der Waals surface area contributed by atoms with E-state index in [0.29, 0.717) is 30.4 Å². The van der Waals surface area contributed by atoms with Gasteiger partial charge >= 0.3 is 0 Å². The molecule has 0 radical (unpaired) electrons. The number of amides is 2. The van der Waals surface area contributed by atoms with Crippen LogP contribution in [0.1, 0.15) is 44.1 Å². The van der Waals surface area contributed by atoms with E-state index >= 15 is 0 Å². The number of rotatable bonds is 5. The zero-order valence-corrected chi connectivity index (χ0v) is 24.1. The molecular weight excluding hydrogens is 512 g/mol. The highest BCUT2D eigenvalue weighted by Crippen LogP contribution is 2.33. The standard InChI is InChI=1S/C34H36N4O3/c1-23-18-25(12-14-30(23)24-9-7-10-29(19-24)41-4)33(39)38-22-28-13-15-32(34(40)36-17-16-27(21-36)35(2)3)37(28)20-26-8-5-6-11-31(26)38/h5-15,18-19,27H,16-17,20-22H2,1-4H3/t27-/m1/s1. The molecule has 7 nitrogen and oxygen atoms in total. The summed E-state index contributed by atoms with van der Waals surface area (Å²) in [5, 5.41) is 0. The quantitative estimate of drug-likeness (QED) is 0.333. The summed E-state index contributed by atoms with van der Waals surface area (Å²) < 4.78 is 7.49. The maximum atomic E-state index is 14.1. The van der Waals surface area contributed by atoms with Crippen LogP contribution in [0, 0.1) is 6.92 Å². The number of methoxy groups -OCH3 is 1. The number of para-hydroxylation sites is 1. The number of benzene rings is 3. The first kappa shape index (κ1) is 26.8. The van der Waals surface area contributed by atoms with E-state index in [1.54, 1.807) is 7.11 Å². The molecule has 0 saturated carbocycles. The number of carbonyl (C=O) groups is 2. The highest BCUT2D eigenvalue weighted by atomic mass is 16.5. The molecule has 2 aliphatic heterocycles. The lowest BCUT2D eigenvalue weighted by atomic mass is 9.97. The third kappa shape index (κ3) is 5.02. The molecule has 210 valence electrons. The third-order valence-corrected chi connectivity index (χ3v) is 8.50. The Morgan fingerprint density at radius 1 is 0.902 bits per heavy atom. The molecule has 1 fully saturated rings. The van der Waals surface area contributed by atoms with Crippen LogP contribution in [-0.2, 0) is 13.1 Å². The second kappa shape index (κ2) is 10.9. The van der Waals surface area contributed by atoms with Crippen molar-refractivity contribution in [2.75, 3.05) is 39.2 Å². The lowest BCUT2D eigenvalue weighted by Crippen LogP contribution is -2.35. The summed E-state index contributed by atoms with van der Waals surface area (Å²) in [6.45, 7) is 4.46. The Balaban J connectivity index is 1.31. The predicted molar refractivity (Wildman–Crippen MR) is 162 cm³/mol. The van der Waals surface area contributed by atoms with Crippen molar-refractivity contribution < 1.29 is 14.3 Å². The van der Waals surface area contributed by atoms with Crippen molar-refractivity contribution in [3.8, 4) is 16.9 Å². The van der Waals surface area contributed by atoms with Gasteiger partial charge in [-0.05, 0) is 92.2 Å². The summed E-state index contributed by atoms with van der Waals surface area (Å²) in [6, 6.07) is 26.1. The molecule has 0 unspecified atom stereocenters. The van der Waals surface area contributed by atoms with Gasteiger partial charge in [-0.3, -0.25) is 9.59 Å². The van der Waals surface area contributed by atoms with Gasteiger partial charge in [-0.2, -0.15) is 0 Å². The van der Waals surface area contributed by atoms with E-state index in [1.807, 2.05) is 95.6 Å². The van der Waals surface area contributed by atoms with E-state index in [2.05, 4.69) is 23.6 Å². The Morgan fingerprint density at radius 3 is 2.49 bits per heavy atom.